The summed E-state index contributed by atoms with van der Waals surface area (Å²) in [4.78, 5) is 13.5. The lowest BCUT2D eigenvalue weighted by Gasteiger charge is -2.20. The zero-order valence-electron chi connectivity index (χ0n) is 15.2. The summed E-state index contributed by atoms with van der Waals surface area (Å²) in [7, 11) is 0. The van der Waals surface area contributed by atoms with Gasteiger partial charge in [0, 0.05) is 17.4 Å². The summed E-state index contributed by atoms with van der Waals surface area (Å²) in [6.07, 6.45) is 0.994. The van der Waals surface area contributed by atoms with Crippen molar-refractivity contribution >= 4 is 17.7 Å². The van der Waals surface area contributed by atoms with Gasteiger partial charge in [0.1, 0.15) is 13.2 Å². The lowest BCUT2D eigenvalue weighted by molar-refractivity contribution is -0.120. The van der Waals surface area contributed by atoms with Gasteiger partial charge in [0.25, 0.3) is 0 Å². The highest BCUT2D eigenvalue weighted by molar-refractivity contribution is 8.00. The van der Waals surface area contributed by atoms with Gasteiger partial charge in [-0.2, -0.15) is 0 Å². The van der Waals surface area contributed by atoms with Crippen LogP contribution in [-0.2, 0) is 4.79 Å². The van der Waals surface area contributed by atoms with Crippen LogP contribution in [0.3, 0.4) is 0 Å². The molecule has 1 heterocycles. The van der Waals surface area contributed by atoms with Gasteiger partial charge in [-0.3, -0.25) is 4.79 Å². The molecule has 0 fully saturated rings. The Morgan fingerprint density at radius 1 is 1.12 bits per heavy atom. The zero-order valence-corrected chi connectivity index (χ0v) is 16.1. The number of thioether (sulfide) groups is 1. The summed E-state index contributed by atoms with van der Waals surface area (Å²) in [6.45, 7) is 5.89. The van der Waals surface area contributed by atoms with Crippen molar-refractivity contribution in [1.29, 1.82) is 0 Å². The van der Waals surface area contributed by atoms with E-state index in [0.717, 1.165) is 22.8 Å². The van der Waals surface area contributed by atoms with E-state index in [4.69, 9.17) is 9.47 Å². The van der Waals surface area contributed by atoms with Crippen LogP contribution in [0, 0.1) is 0 Å². The van der Waals surface area contributed by atoms with Crippen LogP contribution in [0.1, 0.15) is 31.7 Å². The van der Waals surface area contributed by atoms with E-state index in [1.807, 2.05) is 43.3 Å². The van der Waals surface area contributed by atoms with Crippen LogP contribution in [0.5, 0.6) is 11.5 Å². The third-order valence-electron chi connectivity index (χ3n) is 4.48. The molecule has 4 nitrogen and oxygen atoms in total. The largest absolute Gasteiger partial charge is 0.486 e. The van der Waals surface area contributed by atoms with Crippen LogP contribution in [0.15, 0.2) is 53.4 Å². The number of hydrogen-bond acceptors (Lipinski definition) is 4. The van der Waals surface area contributed by atoms with Crippen LogP contribution in [0.4, 0.5) is 0 Å². The summed E-state index contributed by atoms with van der Waals surface area (Å²) in [5.74, 6) is 1.92. The van der Waals surface area contributed by atoms with E-state index < -0.39 is 0 Å². The number of hydrogen-bond donors (Lipinski definition) is 1. The number of carbonyl (C=O) groups excluding carboxylic acids is 1. The fourth-order valence-electron chi connectivity index (χ4n) is 2.95. The van der Waals surface area contributed by atoms with Crippen LogP contribution in [-0.4, -0.2) is 30.9 Å². The Hall–Kier alpha value is -2.14. The molecule has 0 spiro atoms. The second-order valence-corrected chi connectivity index (χ2v) is 7.74. The van der Waals surface area contributed by atoms with Gasteiger partial charge in [0.15, 0.2) is 11.5 Å². The topological polar surface area (TPSA) is 47.6 Å². The van der Waals surface area contributed by atoms with E-state index in [0.29, 0.717) is 25.7 Å². The monoisotopic (exact) mass is 371 g/mol. The molecule has 0 aromatic heterocycles. The Labute approximate surface area is 159 Å². The number of carbonyl (C=O) groups is 1. The predicted molar refractivity (Wildman–Crippen MR) is 105 cm³/mol. The van der Waals surface area contributed by atoms with Gasteiger partial charge in [-0.05, 0) is 37.1 Å². The Morgan fingerprint density at radius 3 is 2.58 bits per heavy atom. The number of benzene rings is 2. The lowest BCUT2D eigenvalue weighted by Crippen LogP contribution is -2.34. The smallest absolute Gasteiger partial charge is 0.233 e. The second kappa shape index (κ2) is 8.99. The van der Waals surface area contributed by atoms with Crippen molar-refractivity contribution in [3.8, 4) is 11.5 Å². The number of amides is 1. The maximum Gasteiger partial charge on any atom is 0.233 e. The van der Waals surface area contributed by atoms with Crippen molar-refractivity contribution in [2.75, 3.05) is 19.8 Å². The summed E-state index contributed by atoms with van der Waals surface area (Å²) < 4.78 is 11.1. The standard InChI is InChI=1S/C21H25NO3S/c1-3-16(17-7-5-4-6-8-17)14-22-21(23)15(2)26-18-9-10-19-20(13-18)25-12-11-24-19/h4-10,13,15-16H,3,11-12,14H2,1-2H3,(H,22,23)/t15-,16+/m0/s1. The minimum absolute atomic E-state index is 0.0549. The number of rotatable bonds is 7. The molecule has 2 atom stereocenters. The van der Waals surface area contributed by atoms with Gasteiger partial charge in [0.05, 0.1) is 5.25 Å². The van der Waals surface area contributed by atoms with E-state index in [-0.39, 0.29) is 11.2 Å². The molecule has 2 aromatic rings. The van der Waals surface area contributed by atoms with E-state index in [1.54, 1.807) is 0 Å². The predicted octanol–water partition coefficient (Wildman–Crippen LogP) is 4.25. The van der Waals surface area contributed by atoms with Gasteiger partial charge in [-0.1, -0.05) is 37.3 Å². The Kier molecular flexibility index (Phi) is 6.45. The molecular weight excluding hydrogens is 346 g/mol. The number of nitrogens with one attached hydrogen (secondary N) is 1. The summed E-state index contributed by atoms with van der Waals surface area (Å²) >= 11 is 1.53. The molecule has 0 bridgehead atoms. The fourth-order valence-corrected chi connectivity index (χ4v) is 3.87. The molecule has 0 unspecified atom stereocenters. The molecule has 0 radical (unpaired) electrons. The molecule has 26 heavy (non-hydrogen) atoms. The van der Waals surface area contributed by atoms with E-state index in [1.165, 1.54) is 17.3 Å². The first-order chi connectivity index (χ1) is 12.7. The minimum Gasteiger partial charge on any atom is -0.486 e. The van der Waals surface area contributed by atoms with E-state index in [2.05, 4.69) is 24.4 Å². The first-order valence-corrected chi connectivity index (χ1v) is 9.94. The Balaban J connectivity index is 1.54. The minimum atomic E-state index is -0.175. The van der Waals surface area contributed by atoms with Gasteiger partial charge in [-0.25, -0.2) is 0 Å². The number of ether oxygens (including phenoxy) is 2. The molecule has 0 saturated carbocycles. The van der Waals surface area contributed by atoms with Crippen molar-refractivity contribution in [3.63, 3.8) is 0 Å². The maximum absolute atomic E-state index is 12.5. The molecule has 0 aliphatic carbocycles. The van der Waals surface area contributed by atoms with Crippen LogP contribution in [0.2, 0.25) is 0 Å². The molecule has 1 amide bonds. The molecule has 5 heteroatoms. The van der Waals surface area contributed by atoms with Crippen molar-refractivity contribution in [2.45, 2.75) is 36.3 Å². The third-order valence-corrected chi connectivity index (χ3v) is 5.58. The highest BCUT2D eigenvalue weighted by Crippen LogP contribution is 2.35. The Morgan fingerprint density at radius 2 is 1.85 bits per heavy atom. The van der Waals surface area contributed by atoms with Gasteiger partial charge < -0.3 is 14.8 Å². The van der Waals surface area contributed by atoms with Crippen LogP contribution >= 0.6 is 11.8 Å². The van der Waals surface area contributed by atoms with Gasteiger partial charge >= 0.3 is 0 Å². The molecule has 1 N–H and O–H groups in total. The fraction of sp³-hybridized carbons (Fsp3) is 0.381. The normalized spacial score (nSPS) is 15.2. The average Bonchev–Trinajstić information content (AvgIpc) is 2.69. The van der Waals surface area contributed by atoms with Crippen LogP contribution in [0.25, 0.3) is 0 Å². The van der Waals surface area contributed by atoms with Gasteiger partial charge in [-0.15, -0.1) is 11.8 Å². The molecule has 1 aliphatic heterocycles. The van der Waals surface area contributed by atoms with E-state index >= 15 is 0 Å². The third kappa shape index (κ3) is 4.73. The first kappa shape index (κ1) is 18.6. The average molecular weight is 372 g/mol. The first-order valence-electron chi connectivity index (χ1n) is 9.06. The summed E-state index contributed by atoms with van der Waals surface area (Å²) in [6, 6.07) is 16.2. The lowest BCUT2D eigenvalue weighted by atomic mass is 9.96. The highest BCUT2D eigenvalue weighted by atomic mass is 32.2. The molecule has 3 rings (SSSR count). The quantitative estimate of drug-likeness (QED) is 0.739. The summed E-state index contributed by atoms with van der Waals surface area (Å²) in [5, 5.41) is 2.92. The molecule has 138 valence electrons. The van der Waals surface area contributed by atoms with E-state index in [9.17, 15) is 4.79 Å². The van der Waals surface area contributed by atoms with Crippen molar-refractivity contribution in [3.05, 3.63) is 54.1 Å². The molecular formula is C21H25NO3S. The highest BCUT2D eigenvalue weighted by Gasteiger charge is 2.18. The molecule has 1 aliphatic rings. The van der Waals surface area contributed by atoms with Crippen molar-refractivity contribution in [2.24, 2.45) is 0 Å². The molecule has 0 saturated heterocycles. The van der Waals surface area contributed by atoms with Crippen molar-refractivity contribution in [1.82, 2.24) is 5.32 Å². The van der Waals surface area contributed by atoms with Crippen LogP contribution < -0.4 is 14.8 Å². The molecule has 2 aromatic carbocycles. The van der Waals surface area contributed by atoms with Gasteiger partial charge in [0.2, 0.25) is 5.91 Å². The zero-order chi connectivity index (χ0) is 18.4. The maximum atomic E-state index is 12.5. The summed E-state index contributed by atoms with van der Waals surface area (Å²) in [5.41, 5.74) is 1.27. The second-order valence-electron chi connectivity index (χ2n) is 6.33. The Bertz CT molecular complexity index is 735. The SMILES string of the molecule is CC[C@H](CNC(=O)[C@H](C)Sc1ccc2c(c1)OCCO2)c1ccccc1. The van der Waals surface area contributed by atoms with Crippen molar-refractivity contribution < 1.29 is 14.3 Å². The number of fused-ring (bicyclic) bond motifs is 1.